The predicted molar refractivity (Wildman–Crippen MR) is 127 cm³/mol. The molecule has 3 unspecified atom stereocenters. The zero-order valence-electron chi connectivity index (χ0n) is 18.2. The van der Waals surface area contributed by atoms with Crippen molar-refractivity contribution in [2.75, 3.05) is 0 Å². The lowest BCUT2D eigenvalue weighted by atomic mass is 9.98. The largest absolute Gasteiger partial charge is 0.422 e. The summed E-state index contributed by atoms with van der Waals surface area (Å²) >= 11 is 1.48. The molecule has 2 aromatic heterocycles. The van der Waals surface area contributed by atoms with Crippen LogP contribution in [0.3, 0.4) is 0 Å². The number of thiophene rings is 1. The molecule has 33 heavy (non-hydrogen) atoms. The maximum atomic E-state index is 13.6. The van der Waals surface area contributed by atoms with Crippen LogP contribution in [0.2, 0.25) is 0 Å². The Hall–Kier alpha value is -2.82. The van der Waals surface area contributed by atoms with Gasteiger partial charge in [0.05, 0.1) is 22.4 Å². The molecule has 3 rings (SSSR count). The molecule has 3 atom stereocenters. The van der Waals surface area contributed by atoms with Crippen LogP contribution in [0, 0.1) is 18.2 Å². The van der Waals surface area contributed by atoms with Crippen LogP contribution in [0.25, 0.3) is 21.7 Å². The number of carbonyl (C=O) groups is 1. The first-order valence-corrected chi connectivity index (χ1v) is 12.3. The van der Waals surface area contributed by atoms with Gasteiger partial charge in [0.15, 0.2) is 5.75 Å². The number of aromatic nitrogens is 1. The summed E-state index contributed by atoms with van der Waals surface area (Å²) in [4.78, 5) is 28.5. The van der Waals surface area contributed by atoms with Crippen LogP contribution < -0.4 is 4.74 Å². The lowest BCUT2D eigenvalue weighted by Crippen LogP contribution is -2.46. The minimum atomic E-state index is -3.74. The molecule has 0 bridgehead atoms. The summed E-state index contributed by atoms with van der Waals surface area (Å²) in [7, 11) is -3.74. The zero-order valence-corrected chi connectivity index (χ0v) is 20.0. The van der Waals surface area contributed by atoms with Crippen molar-refractivity contribution >= 4 is 25.3 Å². The van der Waals surface area contributed by atoms with E-state index in [1.807, 2.05) is 37.3 Å². The molecule has 0 aliphatic heterocycles. The Morgan fingerprint density at radius 2 is 1.94 bits per heavy atom. The average Bonchev–Trinajstić information content (AvgIpc) is 3.29. The Morgan fingerprint density at radius 1 is 1.27 bits per heavy atom. The molecule has 0 aliphatic rings. The smallest absolute Gasteiger partial charge is 0.342 e. The van der Waals surface area contributed by atoms with Crippen LogP contribution in [-0.4, -0.2) is 32.2 Å². The van der Waals surface area contributed by atoms with Crippen LogP contribution in [-0.2, 0) is 9.36 Å². The van der Waals surface area contributed by atoms with Gasteiger partial charge < -0.3 is 14.7 Å². The third kappa shape index (κ3) is 4.78. The first-order valence-electron chi connectivity index (χ1n) is 10.1. The second-order valence-electron chi connectivity index (χ2n) is 7.73. The van der Waals surface area contributed by atoms with E-state index in [2.05, 4.69) is 4.98 Å². The van der Waals surface area contributed by atoms with Crippen LogP contribution in [0.4, 0.5) is 4.39 Å². The molecule has 9 heteroatoms. The molecule has 0 saturated carbocycles. The summed E-state index contributed by atoms with van der Waals surface area (Å²) in [5.74, 6) is 0.118. The molecule has 3 aromatic rings. The van der Waals surface area contributed by atoms with Crippen LogP contribution in [0.5, 0.6) is 5.75 Å². The molecule has 0 fully saturated rings. The van der Waals surface area contributed by atoms with E-state index in [0.717, 1.165) is 11.8 Å². The van der Waals surface area contributed by atoms with Gasteiger partial charge >= 0.3 is 5.97 Å². The van der Waals surface area contributed by atoms with Crippen molar-refractivity contribution in [1.82, 2.24) is 4.98 Å². The van der Waals surface area contributed by atoms with Crippen LogP contribution in [0.1, 0.15) is 32.4 Å². The van der Waals surface area contributed by atoms with Crippen molar-refractivity contribution in [3.8, 4) is 39.8 Å². The van der Waals surface area contributed by atoms with E-state index in [0.29, 0.717) is 22.5 Å². The molecule has 172 valence electrons. The normalized spacial score (nSPS) is 14.8. The maximum absolute atomic E-state index is 13.6. The number of benzene rings is 1. The fourth-order valence-corrected chi connectivity index (χ4v) is 4.69. The highest BCUT2D eigenvalue weighted by atomic mass is 32.1. The van der Waals surface area contributed by atoms with E-state index in [-0.39, 0.29) is 11.7 Å². The van der Waals surface area contributed by atoms with Gasteiger partial charge in [-0.15, -0.1) is 17.8 Å². The molecule has 0 saturated heterocycles. The Balaban J connectivity index is 2.27. The Kier molecular flexibility index (Phi) is 7.51. The number of hydrogen-bond donors (Lipinski definition) is 2. The zero-order chi connectivity index (χ0) is 24.3. The standard InChI is InChI=1S/C24H23FNO5PS/c1-5-24(15(4)27,32(29)30)23(28)31-22-18(16-8-10-17(25)11-9-16)13-19(20-7-6-12-33-20)26-21(22)14(2)3/h1,6-15,27,32H,2-4H3,(H,29,30). The molecule has 0 spiro atoms. The summed E-state index contributed by atoms with van der Waals surface area (Å²) in [6.45, 7) is 4.86. The Morgan fingerprint density at radius 3 is 2.42 bits per heavy atom. The molecule has 0 radical (unpaired) electrons. The van der Waals surface area contributed by atoms with Gasteiger partial charge in [-0.05, 0) is 48.1 Å². The highest BCUT2D eigenvalue weighted by Crippen LogP contribution is 2.43. The van der Waals surface area contributed by atoms with Gasteiger partial charge in [-0.3, -0.25) is 4.57 Å². The highest BCUT2D eigenvalue weighted by molar-refractivity contribution is 7.42. The number of terminal acetylenes is 1. The van der Waals surface area contributed by atoms with E-state index in [1.165, 1.54) is 35.6 Å². The second-order valence-corrected chi connectivity index (χ2v) is 10.1. The van der Waals surface area contributed by atoms with Crippen molar-refractivity contribution in [3.05, 3.63) is 59.4 Å². The van der Waals surface area contributed by atoms with Crippen molar-refractivity contribution in [1.29, 1.82) is 0 Å². The minimum Gasteiger partial charge on any atom is -0.422 e. The van der Waals surface area contributed by atoms with Gasteiger partial charge in [0.25, 0.3) is 0 Å². The van der Waals surface area contributed by atoms with Crippen LogP contribution >= 0.6 is 19.4 Å². The highest BCUT2D eigenvalue weighted by Gasteiger charge is 2.49. The molecule has 2 heterocycles. The van der Waals surface area contributed by atoms with E-state index in [9.17, 15) is 23.7 Å². The van der Waals surface area contributed by atoms with E-state index < -0.39 is 31.1 Å². The molecular weight excluding hydrogens is 464 g/mol. The van der Waals surface area contributed by atoms with Crippen LogP contribution in [0.15, 0.2) is 47.8 Å². The summed E-state index contributed by atoms with van der Waals surface area (Å²) in [5, 5.41) is 9.59. The summed E-state index contributed by atoms with van der Waals surface area (Å²) < 4.78 is 31.3. The SMILES string of the molecule is C#CC(C(=O)Oc1c(-c2ccc(F)cc2)cc(-c2cccs2)nc1C(C)C)(C(C)O)[PH](=O)O. The summed E-state index contributed by atoms with van der Waals surface area (Å²) in [6.07, 6.45) is 3.78. The van der Waals surface area contributed by atoms with Gasteiger partial charge in [-0.25, -0.2) is 14.2 Å². The molecule has 2 N–H and O–H groups in total. The number of halogens is 1. The number of carbonyl (C=O) groups excluding carboxylic acids is 1. The topological polar surface area (TPSA) is 96.7 Å². The predicted octanol–water partition coefficient (Wildman–Crippen LogP) is 4.86. The number of aliphatic hydroxyl groups excluding tert-OH is 1. The summed E-state index contributed by atoms with van der Waals surface area (Å²) in [6, 6.07) is 11.1. The number of rotatable bonds is 7. The van der Waals surface area contributed by atoms with Gasteiger partial charge in [-0.2, -0.15) is 0 Å². The number of nitrogens with zero attached hydrogens (tertiary/aromatic N) is 1. The molecule has 0 amide bonds. The van der Waals surface area contributed by atoms with E-state index in [1.54, 1.807) is 6.07 Å². The van der Waals surface area contributed by atoms with Crippen molar-refractivity contribution in [3.63, 3.8) is 0 Å². The van der Waals surface area contributed by atoms with Crippen molar-refractivity contribution in [2.24, 2.45) is 0 Å². The van der Waals surface area contributed by atoms with E-state index >= 15 is 0 Å². The molecule has 0 aliphatic carbocycles. The molecule has 1 aromatic carbocycles. The number of pyridine rings is 1. The first kappa shape index (κ1) is 24.8. The van der Waals surface area contributed by atoms with Crippen molar-refractivity contribution < 1.29 is 28.5 Å². The Bertz CT molecular complexity index is 1220. The monoisotopic (exact) mass is 487 g/mol. The maximum Gasteiger partial charge on any atom is 0.342 e. The minimum absolute atomic E-state index is 0.0328. The lowest BCUT2D eigenvalue weighted by Gasteiger charge is -2.27. The molecular formula is C24H23FNO5PS. The average molecular weight is 487 g/mol. The molecule has 6 nitrogen and oxygen atoms in total. The number of hydrogen-bond acceptors (Lipinski definition) is 6. The fourth-order valence-electron chi connectivity index (χ4n) is 3.30. The first-order chi connectivity index (χ1) is 15.6. The number of ether oxygens (including phenoxy) is 1. The van der Waals surface area contributed by atoms with Gasteiger partial charge in [0, 0.05) is 5.56 Å². The van der Waals surface area contributed by atoms with Gasteiger partial charge in [0.2, 0.25) is 13.2 Å². The second kappa shape index (κ2) is 9.98. The Labute approximate surface area is 196 Å². The number of esters is 1. The van der Waals surface area contributed by atoms with E-state index in [4.69, 9.17) is 11.2 Å². The quantitative estimate of drug-likeness (QED) is 0.281. The third-order valence-corrected chi connectivity index (χ3v) is 7.52. The summed E-state index contributed by atoms with van der Waals surface area (Å²) in [5.41, 5.74) is 2.01. The van der Waals surface area contributed by atoms with Gasteiger partial charge in [-0.1, -0.05) is 38.0 Å². The third-order valence-electron chi connectivity index (χ3n) is 5.18. The number of aliphatic hydroxyl groups is 1. The van der Waals surface area contributed by atoms with Gasteiger partial charge in [0.1, 0.15) is 5.82 Å². The van der Waals surface area contributed by atoms with Crippen molar-refractivity contribution in [2.45, 2.75) is 37.9 Å². The fraction of sp³-hybridized carbons (Fsp3) is 0.250. The lowest BCUT2D eigenvalue weighted by molar-refractivity contribution is -0.138.